The van der Waals surface area contributed by atoms with E-state index in [9.17, 15) is 18.3 Å². The van der Waals surface area contributed by atoms with Crippen molar-refractivity contribution < 1.29 is 23.4 Å². The van der Waals surface area contributed by atoms with Gasteiger partial charge < -0.3 is 20.1 Å². The number of imidazole rings is 1. The van der Waals surface area contributed by atoms with Gasteiger partial charge in [0.25, 0.3) is 0 Å². The second kappa shape index (κ2) is 6.93. The Balaban J connectivity index is 1.99. The summed E-state index contributed by atoms with van der Waals surface area (Å²) in [5.41, 5.74) is 1.09. The number of alkyl halides is 3. The Morgan fingerprint density at radius 3 is 2.58 bits per heavy atom. The van der Waals surface area contributed by atoms with Crippen molar-refractivity contribution in [3.8, 4) is 17.1 Å². The van der Waals surface area contributed by atoms with Gasteiger partial charge in [0.15, 0.2) is 5.65 Å². The van der Waals surface area contributed by atoms with Crippen molar-refractivity contribution in [2.24, 2.45) is 7.05 Å². The Labute approximate surface area is 146 Å². The van der Waals surface area contributed by atoms with Crippen LogP contribution in [0.5, 0.6) is 5.75 Å². The zero-order chi connectivity index (χ0) is 18.9. The number of fused-ring (bicyclic) bond motifs is 1. The highest BCUT2D eigenvalue weighted by Crippen LogP contribution is 2.36. The van der Waals surface area contributed by atoms with E-state index in [4.69, 9.17) is 5.11 Å². The van der Waals surface area contributed by atoms with Gasteiger partial charge in [-0.15, -0.1) is 0 Å². The largest absolute Gasteiger partial charge is 0.507 e. The summed E-state index contributed by atoms with van der Waals surface area (Å²) in [6.07, 6.45) is -4.53. The summed E-state index contributed by atoms with van der Waals surface area (Å²) in [5.74, 6) is -0.178. The van der Waals surface area contributed by atoms with Gasteiger partial charge in [0.1, 0.15) is 11.6 Å². The number of phenolic OH excluding ortho intramolecular Hbond substituents is 1. The fourth-order valence-electron chi connectivity index (χ4n) is 2.65. The van der Waals surface area contributed by atoms with Crippen LogP contribution in [-0.4, -0.2) is 37.9 Å². The monoisotopic (exact) mass is 366 g/mol. The first kappa shape index (κ1) is 18.2. The van der Waals surface area contributed by atoms with Crippen molar-refractivity contribution in [1.82, 2.24) is 19.9 Å². The van der Waals surface area contributed by atoms with Crippen LogP contribution >= 0.6 is 0 Å². The summed E-state index contributed by atoms with van der Waals surface area (Å²) >= 11 is 0. The van der Waals surface area contributed by atoms with E-state index >= 15 is 0 Å². The van der Waals surface area contributed by atoms with Crippen LogP contribution < -0.4 is 5.32 Å². The summed E-state index contributed by atoms with van der Waals surface area (Å²) < 4.78 is 39.9. The number of hydrogen-bond donors (Lipinski definition) is 3. The summed E-state index contributed by atoms with van der Waals surface area (Å²) in [6, 6.07) is 6.39. The molecule has 138 valence electrons. The molecule has 0 spiro atoms. The number of halogens is 3. The maximum absolute atomic E-state index is 12.8. The van der Waals surface area contributed by atoms with Crippen LogP contribution in [0.25, 0.3) is 22.6 Å². The summed E-state index contributed by atoms with van der Waals surface area (Å²) in [4.78, 5) is 8.76. The Morgan fingerprint density at radius 1 is 1.15 bits per heavy atom. The highest BCUT2D eigenvalue weighted by Gasteiger charge is 2.31. The number of benzene rings is 1. The van der Waals surface area contributed by atoms with Crippen LogP contribution in [0, 0.1) is 0 Å². The maximum atomic E-state index is 12.8. The molecule has 0 aliphatic carbocycles. The number of rotatable bonds is 5. The van der Waals surface area contributed by atoms with E-state index in [2.05, 4.69) is 15.3 Å². The Kier molecular flexibility index (Phi) is 4.84. The van der Waals surface area contributed by atoms with Crippen LogP contribution in [0.15, 0.2) is 30.3 Å². The molecule has 2 heterocycles. The van der Waals surface area contributed by atoms with Crippen LogP contribution in [0.3, 0.4) is 0 Å². The summed E-state index contributed by atoms with van der Waals surface area (Å²) in [5, 5.41) is 21.8. The average molecular weight is 366 g/mol. The van der Waals surface area contributed by atoms with E-state index in [1.165, 1.54) is 6.07 Å². The van der Waals surface area contributed by atoms with Gasteiger partial charge in [-0.25, -0.2) is 9.97 Å². The number of aliphatic hydroxyl groups excluding tert-OH is 1. The molecule has 0 atom stereocenters. The third-order valence-corrected chi connectivity index (χ3v) is 3.96. The fourth-order valence-corrected chi connectivity index (χ4v) is 2.65. The molecule has 0 amide bonds. The minimum absolute atomic E-state index is 0.0170. The van der Waals surface area contributed by atoms with E-state index in [1.807, 2.05) is 0 Å². The molecular formula is C17H17F3N4O2. The van der Waals surface area contributed by atoms with E-state index in [1.54, 1.807) is 23.7 Å². The molecule has 26 heavy (non-hydrogen) atoms. The second-order valence-corrected chi connectivity index (χ2v) is 5.77. The predicted octanol–water partition coefficient (Wildman–Crippen LogP) is 2.44. The molecule has 0 saturated carbocycles. The number of pyridine rings is 1. The molecular weight excluding hydrogens is 349 g/mol. The standard InChI is InChI=1S/C17H17F3N4O2/c1-24-13-5-3-11(9-21-6-7-25)22-15(13)23-16(24)12-4-2-10(8-14(12)26)17(18,19)20/h2-5,8,21,25-26H,6-7,9H2,1H3. The molecule has 0 bridgehead atoms. The van der Waals surface area contributed by atoms with Crippen LogP contribution in [0.2, 0.25) is 0 Å². The van der Waals surface area contributed by atoms with Gasteiger partial charge in [-0.2, -0.15) is 13.2 Å². The van der Waals surface area contributed by atoms with Crippen molar-refractivity contribution in [3.63, 3.8) is 0 Å². The van der Waals surface area contributed by atoms with E-state index in [0.717, 1.165) is 6.07 Å². The Morgan fingerprint density at radius 2 is 1.92 bits per heavy atom. The van der Waals surface area contributed by atoms with Crippen molar-refractivity contribution in [2.75, 3.05) is 13.2 Å². The highest BCUT2D eigenvalue weighted by atomic mass is 19.4. The van der Waals surface area contributed by atoms with Gasteiger partial charge in [0, 0.05) is 20.1 Å². The zero-order valence-electron chi connectivity index (χ0n) is 13.9. The van der Waals surface area contributed by atoms with Crippen molar-refractivity contribution >= 4 is 11.2 Å². The number of aromatic nitrogens is 3. The molecule has 0 aliphatic rings. The van der Waals surface area contributed by atoms with Gasteiger partial charge in [0.2, 0.25) is 0 Å². The van der Waals surface area contributed by atoms with Gasteiger partial charge >= 0.3 is 6.18 Å². The first-order chi connectivity index (χ1) is 12.3. The van der Waals surface area contributed by atoms with Crippen LogP contribution in [-0.2, 0) is 19.8 Å². The summed E-state index contributed by atoms with van der Waals surface area (Å²) in [6.45, 7) is 0.906. The van der Waals surface area contributed by atoms with Gasteiger partial charge in [0.05, 0.1) is 28.9 Å². The smallest absolute Gasteiger partial charge is 0.416 e. The Bertz CT molecular complexity index is 938. The second-order valence-electron chi connectivity index (χ2n) is 5.77. The van der Waals surface area contributed by atoms with Crippen molar-refractivity contribution in [3.05, 3.63) is 41.6 Å². The van der Waals surface area contributed by atoms with Crippen LogP contribution in [0.4, 0.5) is 13.2 Å². The lowest BCUT2D eigenvalue weighted by atomic mass is 10.1. The number of aromatic hydroxyl groups is 1. The lowest BCUT2D eigenvalue weighted by Crippen LogP contribution is -2.18. The number of aryl methyl sites for hydroxylation is 1. The molecule has 0 fully saturated rings. The molecule has 2 aromatic heterocycles. The predicted molar refractivity (Wildman–Crippen MR) is 89.4 cm³/mol. The molecule has 0 saturated heterocycles. The number of nitrogens with zero attached hydrogens (tertiary/aromatic N) is 3. The number of aliphatic hydroxyl groups is 1. The molecule has 9 heteroatoms. The lowest BCUT2D eigenvalue weighted by Gasteiger charge is -2.10. The number of hydrogen-bond acceptors (Lipinski definition) is 5. The molecule has 0 radical (unpaired) electrons. The van der Waals surface area contributed by atoms with E-state index in [-0.39, 0.29) is 12.2 Å². The number of phenols is 1. The normalized spacial score (nSPS) is 12.0. The minimum Gasteiger partial charge on any atom is -0.507 e. The summed E-state index contributed by atoms with van der Waals surface area (Å²) in [7, 11) is 1.70. The molecule has 1 aromatic carbocycles. The SMILES string of the molecule is Cn1c(-c2ccc(C(F)(F)F)cc2O)nc2nc(CNCCO)ccc21. The molecule has 6 nitrogen and oxygen atoms in total. The minimum atomic E-state index is -4.53. The van der Waals surface area contributed by atoms with Gasteiger partial charge in [-0.3, -0.25) is 0 Å². The molecule has 3 aromatic rings. The molecule has 0 aliphatic heterocycles. The molecule has 3 rings (SSSR count). The first-order valence-electron chi connectivity index (χ1n) is 7.86. The number of nitrogens with one attached hydrogen (secondary N) is 1. The van der Waals surface area contributed by atoms with Crippen LogP contribution in [0.1, 0.15) is 11.3 Å². The third kappa shape index (κ3) is 3.49. The first-order valence-corrected chi connectivity index (χ1v) is 7.86. The van der Waals surface area contributed by atoms with Gasteiger partial charge in [-0.05, 0) is 30.3 Å². The van der Waals surface area contributed by atoms with Crippen molar-refractivity contribution in [1.29, 1.82) is 0 Å². The quantitative estimate of drug-likeness (QED) is 0.604. The van der Waals surface area contributed by atoms with Gasteiger partial charge in [-0.1, -0.05) is 0 Å². The van der Waals surface area contributed by atoms with E-state index < -0.39 is 17.5 Å². The zero-order valence-corrected chi connectivity index (χ0v) is 13.9. The molecule has 0 unspecified atom stereocenters. The topological polar surface area (TPSA) is 83.2 Å². The molecule has 3 N–H and O–H groups in total. The highest BCUT2D eigenvalue weighted by molar-refractivity contribution is 5.79. The maximum Gasteiger partial charge on any atom is 0.416 e. The average Bonchev–Trinajstić information content (AvgIpc) is 2.90. The fraction of sp³-hybridized carbons (Fsp3) is 0.294. The van der Waals surface area contributed by atoms with Crippen molar-refractivity contribution in [2.45, 2.75) is 12.7 Å². The Hall–Kier alpha value is -2.65. The third-order valence-electron chi connectivity index (χ3n) is 3.96. The van der Waals surface area contributed by atoms with E-state index in [0.29, 0.717) is 41.8 Å². The lowest BCUT2D eigenvalue weighted by molar-refractivity contribution is -0.137.